The van der Waals surface area contributed by atoms with Gasteiger partial charge in [-0.15, -0.1) is 0 Å². The maximum absolute atomic E-state index is 11.6. The maximum Gasteiger partial charge on any atom is 0.159 e. The molecule has 3 nitrogen and oxygen atoms in total. The van der Waals surface area contributed by atoms with Gasteiger partial charge in [0.05, 0.1) is 12.4 Å². The fourth-order valence-electron chi connectivity index (χ4n) is 4.25. The fraction of sp³-hybridized carbons (Fsp3) is 0.700. The van der Waals surface area contributed by atoms with Crippen LogP contribution in [0.25, 0.3) is 0 Å². The second kappa shape index (κ2) is 19.7. The summed E-state index contributed by atoms with van der Waals surface area (Å²) in [4.78, 5) is 11.6. The van der Waals surface area contributed by atoms with E-state index in [1.807, 2.05) is 24.3 Å². The molecule has 0 atom stereocenters. The van der Waals surface area contributed by atoms with Crippen LogP contribution >= 0.6 is 0 Å². The number of unbranched alkanes of at least 4 members (excludes halogenated alkanes) is 15. The minimum absolute atomic E-state index is 0.0844. The van der Waals surface area contributed by atoms with E-state index < -0.39 is 0 Å². The molecule has 1 N–H and O–H groups in total. The normalized spacial score (nSPS) is 12.0. The van der Waals surface area contributed by atoms with Crippen LogP contribution in [0.1, 0.15) is 129 Å². The van der Waals surface area contributed by atoms with Crippen molar-refractivity contribution in [2.24, 2.45) is 0 Å². The van der Waals surface area contributed by atoms with E-state index in [9.17, 15) is 9.90 Å². The standard InChI is InChI=1S/C30H50O3/c1-4-5-6-7-8-9-10-11-12-13-14-15-16-17-18-19-24-33-29-22-20-28(21-23-29)25-30(26(2)31)27(3)32/h20-23,31H,4-19,24-25H2,1-3H3/b30-26-. The SMILES string of the molecule is CCCCCCCCCCCCCCCCCCOc1ccc(C/C(C(C)=O)=C(\C)O)cc1. The lowest BCUT2D eigenvalue weighted by Gasteiger charge is -2.09. The molecule has 0 aliphatic rings. The molecule has 0 heterocycles. The first-order valence-electron chi connectivity index (χ1n) is 13.7. The molecular formula is C30H50O3. The van der Waals surface area contributed by atoms with Crippen molar-refractivity contribution in [2.45, 2.75) is 130 Å². The largest absolute Gasteiger partial charge is 0.512 e. The summed E-state index contributed by atoms with van der Waals surface area (Å²) >= 11 is 0. The average molecular weight is 459 g/mol. The number of hydrogen-bond donors (Lipinski definition) is 1. The number of rotatable bonds is 21. The molecule has 188 valence electrons. The van der Waals surface area contributed by atoms with Gasteiger partial charge in [0.15, 0.2) is 5.78 Å². The van der Waals surface area contributed by atoms with Gasteiger partial charge in [-0.2, -0.15) is 0 Å². The number of ketones is 1. The fourth-order valence-corrected chi connectivity index (χ4v) is 4.25. The van der Waals surface area contributed by atoms with E-state index in [2.05, 4.69) is 6.92 Å². The van der Waals surface area contributed by atoms with E-state index in [1.54, 1.807) is 6.92 Å². The van der Waals surface area contributed by atoms with Gasteiger partial charge in [0, 0.05) is 12.0 Å². The summed E-state index contributed by atoms with van der Waals surface area (Å²) in [5.41, 5.74) is 1.47. The lowest BCUT2D eigenvalue weighted by Crippen LogP contribution is -2.04. The number of allylic oxidation sites excluding steroid dienone is 2. The van der Waals surface area contributed by atoms with Gasteiger partial charge in [0.1, 0.15) is 5.75 Å². The Morgan fingerprint density at radius 1 is 0.697 bits per heavy atom. The zero-order valence-corrected chi connectivity index (χ0v) is 21.8. The quantitative estimate of drug-likeness (QED) is 0.113. The van der Waals surface area contributed by atoms with Gasteiger partial charge in [-0.05, 0) is 38.0 Å². The Bertz CT molecular complexity index is 641. The number of Topliss-reactive ketones (excluding diaryl/α,β-unsaturated/α-hetero) is 1. The van der Waals surface area contributed by atoms with Crippen molar-refractivity contribution in [3.63, 3.8) is 0 Å². The first-order chi connectivity index (χ1) is 16.0. The van der Waals surface area contributed by atoms with Crippen molar-refractivity contribution in [3.05, 3.63) is 41.2 Å². The molecule has 0 amide bonds. The Balaban J connectivity index is 1.95. The molecule has 0 aromatic heterocycles. The Morgan fingerprint density at radius 3 is 1.52 bits per heavy atom. The summed E-state index contributed by atoms with van der Waals surface area (Å²) < 4.78 is 5.85. The molecule has 1 aromatic rings. The third kappa shape index (κ3) is 15.7. The van der Waals surface area contributed by atoms with E-state index in [0.29, 0.717) is 12.0 Å². The van der Waals surface area contributed by atoms with Crippen LogP contribution in [-0.4, -0.2) is 17.5 Å². The van der Waals surface area contributed by atoms with E-state index >= 15 is 0 Å². The van der Waals surface area contributed by atoms with Crippen molar-refractivity contribution in [1.82, 2.24) is 0 Å². The van der Waals surface area contributed by atoms with Crippen LogP contribution in [0.3, 0.4) is 0 Å². The minimum atomic E-state index is -0.0844. The molecule has 33 heavy (non-hydrogen) atoms. The van der Waals surface area contributed by atoms with Crippen molar-refractivity contribution < 1.29 is 14.6 Å². The number of benzene rings is 1. The highest BCUT2D eigenvalue weighted by atomic mass is 16.5. The predicted molar refractivity (Wildman–Crippen MR) is 141 cm³/mol. The van der Waals surface area contributed by atoms with Gasteiger partial charge < -0.3 is 9.84 Å². The summed E-state index contributed by atoms with van der Waals surface area (Å²) in [6.45, 7) is 6.09. The summed E-state index contributed by atoms with van der Waals surface area (Å²) in [6, 6.07) is 7.84. The van der Waals surface area contributed by atoms with Crippen LogP contribution in [0, 0.1) is 0 Å². The Kier molecular flexibility index (Phi) is 17.4. The highest BCUT2D eigenvalue weighted by Gasteiger charge is 2.09. The van der Waals surface area contributed by atoms with Crippen molar-refractivity contribution >= 4 is 5.78 Å². The van der Waals surface area contributed by atoms with Crippen LogP contribution < -0.4 is 4.74 Å². The van der Waals surface area contributed by atoms with Crippen molar-refractivity contribution in [2.75, 3.05) is 6.61 Å². The second-order valence-electron chi connectivity index (χ2n) is 9.59. The Morgan fingerprint density at radius 2 is 1.12 bits per heavy atom. The van der Waals surface area contributed by atoms with E-state index in [1.165, 1.54) is 103 Å². The minimum Gasteiger partial charge on any atom is -0.512 e. The number of hydrogen-bond acceptors (Lipinski definition) is 3. The van der Waals surface area contributed by atoms with E-state index in [0.717, 1.165) is 24.3 Å². The molecule has 0 spiro atoms. The Hall–Kier alpha value is -1.77. The van der Waals surface area contributed by atoms with E-state index in [-0.39, 0.29) is 11.5 Å². The van der Waals surface area contributed by atoms with Gasteiger partial charge in [-0.3, -0.25) is 4.79 Å². The van der Waals surface area contributed by atoms with Gasteiger partial charge in [-0.1, -0.05) is 115 Å². The molecule has 1 rings (SSSR count). The van der Waals surface area contributed by atoms with Crippen LogP contribution in [-0.2, 0) is 11.2 Å². The second-order valence-corrected chi connectivity index (χ2v) is 9.59. The molecule has 0 saturated carbocycles. The topological polar surface area (TPSA) is 46.5 Å². The monoisotopic (exact) mass is 458 g/mol. The number of aliphatic hydroxyl groups excluding tert-OH is 1. The van der Waals surface area contributed by atoms with Crippen LogP contribution in [0.4, 0.5) is 0 Å². The van der Waals surface area contributed by atoms with E-state index in [4.69, 9.17) is 4.74 Å². The maximum atomic E-state index is 11.6. The van der Waals surface area contributed by atoms with Crippen molar-refractivity contribution in [1.29, 1.82) is 0 Å². The Labute approximate surface area is 204 Å². The molecule has 0 saturated heterocycles. The molecule has 1 aromatic carbocycles. The van der Waals surface area contributed by atoms with Crippen LogP contribution in [0.2, 0.25) is 0 Å². The third-order valence-electron chi connectivity index (χ3n) is 6.43. The highest BCUT2D eigenvalue weighted by Crippen LogP contribution is 2.18. The lowest BCUT2D eigenvalue weighted by molar-refractivity contribution is -0.113. The van der Waals surface area contributed by atoms with Crippen LogP contribution in [0.5, 0.6) is 5.75 Å². The summed E-state index contributed by atoms with van der Waals surface area (Å²) in [6.07, 6.45) is 22.4. The van der Waals surface area contributed by atoms with Gasteiger partial charge in [0.25, 0.3) is 0 Å². The van der Waals surface area contributed by atoms with Gasteiger partial charge in [-0.25, -0.2) is 0 Å². The van der Waals surface area contributed by atoms with Gasteiger partial charge in [0.2, 0.25) is 0 Å². The zero-order chi connectivity index (χ0) is 24.2. The highest BCUT2D eigenvalue weighted by molar-refractivity contribution is 5.94. The molecule has 0 aliphatic heterocycles. The third-order valence-corrected chi connectivity index (χ3v) is 6.43. The van der Waals surface area contributed by atoms with Crippen LogP contribution in [0.15, 0.2) is 35.6 Å². The number of aliphatic hydroxyl groups is 1. The molecule has 0 fully saturated rings. The smallest absolute Gasteiger partial charge is 0.159 e. The molecule has 0 aliphatic carbocycles. The average Bonchev–Trinajstić information content (AvgIpc) is 2.80. The predicted octanol–water partition coefficient (Wildman–Crippen LogP) is 9.29. The van der Waals surface area contributed by atoms with Crippen molar-refractivity contribution in [3.8, 4) is 5.75 Å². The number of ether oxygens (including phenoxy) is 1. The summed E-state index contributed by atoms with van der Waals surface area (Å²) in [5, 5.41) is 9.65. The molecule has 0 bridgehead atoms. The first kappa shape index (κ1) is 29.3. The number of carbonyl (C=O) groups is 1. The number of carbonyl (C=O) groups excluding carboxylic acids is 1. The summed E-state index contributed by atoms with van der Waals surface area (Å²) in [5.74, 6) is 0.888. The zero-order valence-electron chi connectivity index (χ0n) is 21.8. The summed E-state index contributed by atoms with van der Waals surface area (Å²) in [7, 11) is 0. The van der Waals surface area contributed by atoms with Gasteiger partial charge >= 0.3 is 0 Å². The lowest BCUT2D eigenvalue weighted by atomic mass is 10.0. The molecule has 3 heteroatoms. The molecular weight excluding hydrogens is 408 g/mol. The molecule has 0 radical (unpaired) electrons. The first-order valence-corrected chi connectivity index (χ1v) is 13.7. The molecule has 0 unspecified atom stereocenters.